The third-order valence-electron chi connectivity index (χ3n) is 8.50. The van der Waals surface area contributed by atoms with Crippen LogP contribution in [0.5, 0.6) is 0 Å². The van der Waals surface area contributed by atoms with E-state index in [1.165, 1.54) is 6.20 Å². The molecule has 3 aromatic rings. The predicted octanol–water partition coefficient (Wildman–Crippen LogP) is 4.49. The third-order valence-corrected chi connectivity index (χ3v) is 9.40. The topological polar surface area (TPSA) is 167 Å². The second-order valence-corrected chi connectivity index (χ2v) is 13.4. The van der Waals surface area contributed by atoms with E-state index in [-0.39, 0.29) is 41.6 Å². The van der Waals surface area contributed by atoms with Crippen LogP contribution in [0.25, 0.3) is 0 Å². The van der Waals surface area contributed by atoms with Gasteiger partial charge in [0.15, 0.2) is 23.4 Å². The number of Topliss-reactive ketones (excluding diaryl/α,β-unsaturated/α-hetero) is 2. The fourth-order valence-corrected chi connectivity index (χ4v) is 6.72. The van der Waals surface area contributed by atoms with Crippen LogP contribution < -0.4 is 16.8 Å². The number of hydrogen-bond acceptors (Lipinski definition) is 10. The second kappa shape index (κ2) is 16.9. The molecule has 248 valence electrons. The standard InChI is InChI=1S/C35H46N4O6S/c1-23(2)21-44-32(37)30(40)27-15-13-25(14-16-27)20-29(36)35(43,33-38-17-18-46-33)31(41)28(19-24-9-5-3-6-10-24)39-34(42)45-22-26-11-7-4-8-12-26/h3-12,17-18,23,25,27-29,32,43H,13-16,19-22,36-37H2,1-2H3,(H,39,42)/t25?,27?,28-,29-,32?,35+/m0/s1. The Bertz CT molecular complexity index is 1380. The zero-order valence-electron chi connectivity index (χ0n) is 26.5. The van der Waals surface area contributed by atoms with Gasteiger partial charge in [0.25, 0.3) is 0 Å². The van der Waals surface area contributed by atoms with Crippen LogP contribution in [0.1, 0.15) is 62.1 Å². The zero-order chi connectivity index (χ0) is 33.1. The Hall–Kier alpha value is -3.48. The number of hydrogen-bond donors (Lipinski definition) is 4. The third kappa shape index (κ3) is 9.52. The fraction of sp³-hybridized carbons (Fsp3) is 0.486. The second-order valence-electron chi connectivity index (χ2n) is 12.5. The van der Waals surface area contributed by atoms with E-state index in [0.717, 1.165) is 22.5 Å². The zero-order valence-corrected chi connectivity index (χ0v) is 27.4. The molecule has 1 aliphatic rings. The maximum atomic E-state index is 14.4. The summed E-state index contributed by atoms with van der Waals surface area (Å²) in [6.45, 7) is 4.45. The molecule has 0 bridgehead atoms. The molecule has 4 rings (SSSR count). The van der Waals surface area contributed by atoms with E-state index in [2.05, 4.69) is 10.3 Å². The van der Waals surface area contributed by atoms with Crippen LogP contribution in [0, 0.1) is 17.8 Å². The summed E-state index contributed by atoms with van der Waals surface area (Å²) in [5, 5.41) is 16.8. The number of thiazole rings is 1. The quantitative estimate of drug-likeness (QED) is 0.163. The molecule has 0 aliphatic heterocycles. The van der Waals surface area contributed by atoms with Gasteiger partial charge in [-0.2, -0.15) is 0 Å². The predicted molar refractivity (Wildman–Crippen MR) is 177 cm³/mol. The van der Waals surface area contributed by atoms with Gasteiger partial charge in [-0.1, -0.05) is 74.5 Å². The van der Waals surface area contributed by atoms with Crippen molar-refractivity contribution >= 4 is 29.0 Å². The number of nitrogens with one attached hydrogen (secondary N) is 1. The molecule has 1 fully saturated rings. The molecule has 11 heteroatoms. The number of aliphatic hydroxyl groups is 1. The van der Waals surface area contributed by atoms with Crippen molar-refractivity contribution in [2.24, 2.45) is 29.2 Å². The summed E-state index contributed by atoms with van der Waals surface area (Å²) in [7, 11) is 0. The minimum Gasteiger partial charge on any atom is -0.445 e. The van der Waals surface area contributed by atoms with E-state index < -0.39 is 35.8 Å². The lowest BCUT2D eigenvalue weighted by atomic mass is 9.74. The number of aromatic nitrogens is 1. The Morgan fingerprint density at radius 2 is 1.63 bits per heavy atom. The minimum absolute atomic E-state index is 0.0229. The molecule has 1 aliphatic carbocycles. The van der Waals surface area contributed by atoms with Crippen molar-refractivity contribution in [3.05, 3.63) is 88.4 Å². The Labute approximate surface area is 274 Å². The number of carbonyl (C=O) groups is 3. The van der Waals surface area contributed by atoms with E-state index in [1.807, 2.05) is 74.5 Å². The largest absolute Gasteiger partial charge is 0.445 e. The summed E-state index contributed by atoms with van der Waals surface area (Å²) in [5.74, 6) is -0.602. The van der Waals surface area contributed by atoms with Crippen molar-refractivity contribution in [1.82, 2.24) is 10.3 Å². The van der Waals surface area contributed by atoms with Gasteiger partial charge in [0.2, 0.25) is 0 Å². The van der Waals surface area contributed by atoms with Gasteiger partial charge in [-0.05, 0) is 55.1 Å². The normalized spacial score (nSPS) is 19.9. The van der Waals surface area contributed by atoms with Gasteiger partial charge >= 0.3 is 6.09 Å². The molecule has 1 aromatic heterocycles. The lowest BCUT2D eigenvalue weighted by Gasteiger charge is -2.37. The fourth-order valence-electron chi connectivity index (χ4n) is 5.91. The molecule has 0 spiro atoms. The lowest BCUT2D eigenvalue weighted by Crippen LogP contribution is -2.59. The summed E-state index contributed by atoms with van der Waals surface area (Å²) < 4.78 is 11.0. The Kier molecular flexibility index (Phi) is 13.0. The number of amides is 1. The van der Waals surface area contributed by atoms with Crippen molar-refractivity contribution in [2.75, 3.05) is 6.61 Å². The van der Waals surface area contributed by atoms with Crippen molar-refractivity contribution < 1.29 is 29.0 Å². The van der Waals surface area contributed by atoms with Crippen LogP contribution in [-0.4, -0.2) is 52.7 Å². The van der Waals surface area contributed by atoms with Gasteiger partial charge in [0.1, 0.15) is 11.6 Å². The molecule has 1 heterocycles. The summed E-state index contributed by atoms with van der Waals surface area (Å²) in [6.07, 6.45) is 2.89. The molecule has 46 heavy (non-hydrogen) atoms. The maximum Gasteiger partial charge on any atom is 0.408 e. The van der Waals surface area contributed by atoms with Crippen molar-refractivity contribution in [3.63, 3.8) is 0 Å². The molecule has 6 N–H and O–H groups in total. The number of nitrogens with zero attached hydrogens (tertiary/aromatic N) is 1. The van der Waals surface area contributed by atoms with Gasteiger partial charge in [0, 0.05) is 30.0 Å². The number of nitrogens with two attached hydrogens (primary N) is 2. The highest BCUT2D eigenvalue weighted by Gasteiger charge is 2.50. The van der Waals surface area contributed by atoms with Gasteiger partial charge in [-0.25, -0.2) is 9.78 Å². The van der Waals surface area contributed by atoms with E-state index in [1.54, 1.807) is 5.38 Å². The first-order valence-electron chi connectivity index (χ1n) is 15.9. The van der Waals surface area contributed by atoms with E-state index in [4.69, 9.17) is 20.9 Å². The van der Waals surface area contributed by atoms with Crippen LogP contribution >= 0.6 is 11.3 Å². The molecule has 0 saturated heterocycles. The van der Waals surface area contributed by atoms with Crippen LogP contribution in [0.4, 0.5) is 4.79 Å². The number of ether oxygens (including phenoxy) is 2. The van der Waals surface area contributed by atoms with Gasteiger partial charge in [-0.15, -0.1) is 11.3 Å². The SMILES string of the molecule is CC(C)COC(N)C(=O)C1CCC(C[C@H](N)[C@@](O)(C(=O)[C@H](Cc2ccccc2)NC(=O)OCc2ccccc2)c2nccs2)CC1. The average Bonchev–Trinajstić information content (AvgIpc) is 3.62. The van der Waals surface area contributed by atoms with Crippen LogP contribution in [0.2, 0.25) is 0 Å². The molecule has 1 amide bonds. The van der Waals surface area contributed by atoms with Crippen molar-refractivity contribution in [2.45, 2.75) is 82.9 Å². The molecular formula is C35H46N4O6S. The van der Waals surface area contributed by atoms with Crippen LogP contribution in [-0.2, 0) is 37.7 Å². The average molecular weight is 651 g/mol. The summed E-state index contributed by atoms with van der Waals surface area (Å²) in [6, 6.07) is 16.3. The monoisotopic (exact) mass is 650 g/mol. The van der Waals surface area contributed by atoms with Crippen molar-refractivity contribution in [3.8, 4) is 0 Å². The number of carbonyl (C=O) groups excluding carboxylic acids is 3. The highest BCUT2D eigenvalue weighted by Crippen LogP contribution is 2.37. The molecule has 1 saturated carbocycles. The van der Waals surface area contributed by atoms with E-state index in [9.17, 15) is 19.5 Å². The Morgan fingerprint density at radius 1 is 1.00 bits per heavy atom. The summed E-state index contributed by atoms with van der Waals surface area (Å²) >= 11 is 1.13. The smallest absolute Gasteiger partial charge is 0.408 e. The Morgan fingerprint density at radius 3 is 2.22 bits per heavy atom. The summed E-state index contributed by atoms with van der Waals surface area (Å²) in [5.41, 5.74) is 12.2. The Balaban J connectivity index is 1.47. The maximum absolute atomic E-state index is 14.4. The first kappa shape index (κ1) is 35.4. The molecule has 0 radical (unpaired) electrons. The van der Waals surface area contributed by atoms with E-state index in [0.29, 0.717) is 38.7 Å². The highest BCUT2D eigenvalue weighted by atomic mass is 32.1. The van der Waals surface area contributed by atoms with Crippen molar-refractivity contribution in [1.29, 1.82) is 0 Å². The minimum atomic E-state index is -2.17. The lowest BCUT2D eigenvalue weighted by molar-refractivity contribution is -0.143. The highest BCUT2D eigenvalue weighted by molar-refractivity contribution is 7.09. The van der Waals surface area contributed by atoms with Crippen LogP contribution in [0.3, 0.4) is 0 Å². The number of rotatable bonds is 16. The van der Waals surface area contributed by atoms with Crippen LogP contribution in [0.15, 0.2) is 72.2 Å². The number of ketones is 2. The first-order chi connectivity index (χ1) is 22.1. The molecule has 10 nitrogen and oxygen atoms in total. The van der Waals surface area contributed by atoms with E-state index >= 15 is 0 Å². The molecule has 4 atom stereocenters. The van der Waals surface area contributed by atoms with Gasteiger partial charge < -0.3 is 25.6 Å². The molecule has 1 unspecified atom stereocenters. The molecular weight excluding hydrogens is 604 g/mol. The number of alkyl carbamates (subject to hydrolysis) is 1. The summed E-state index contributed by atoms with van der Waals surface area (Å²) in [4.78, 5) is 44.5. The molecule has 2 aromatic carbocycles. The van der Waals surface area contributed by atoms with Gasteiger partial charge in [-0.3, -0.25) is 15.3 Å². The number of benzene rings is 2. The van der Waals surface area contributed by atoms with Gasteiger partial charge in [0.05, 0.1) is 12.6 Å². The first-order valence-corrected chi connectivity index (χ1v) is 16.8.